The molecule has 1 aromatic carbocycles. The van der Waals surface area contributed by atoms with Crippen LogP contribution in [0.1, 0.15) is 38.2 Å². The van der Waals surface area contributed by atoms with Crippen molar-refractivity contribution in [1.29, 1.82) is 0 Å². The zero-order valence-electron chi connectivity index (χ0n) is 14.0. The van der Waals surface area contributed by atoms with Gasteiger partial charge >= 0.3 is 0 Å². The Balaban J connectivity index is 0.00000192. The molecule has 23 heavy (non-hydrogen) atoms. The van der Waals surface area contributed by atoms with Gasteiger partial charge in [-0.1, -0.05) is 30.3 Å². The second kappa shape index (κ2) is 8.70. The van der Waals surface area contributed by atoms with Gasteiger partial charge < -0.3 is 10.2 Å². The highest BCUT2D eigenvalue weighted by atomic mass is 35.5. The summed E-state index contributed by atoms with van der Waals surface area (Å²) in [7, 11) is 0. The second-order valence-electron chi connectivity index (χ2n) is 7.03. The molecular weight excluding hydrogens is 308 g/mol. The van der Waals surface area contributed by atoms with Crippen LogP contribution < -0.4 is 5.32 Å². The van der Waals surface area contributed by atoms with E-state index in [1.54, 1.807) is 0 Å². The maximum Gasteiger partial charge on any atom is 0.225 e. The van der Waals surface area contributed by atoms with Crippen molar-refractivity contribution < 1.29 is 4.79 Å². The lowest BCUT2D eigenvalue weighted by molar-refractivity contribution is -0.138. The van der Waals surface area contributed by atoms with Crippen molar-refractivity contribution in [2.24, 2.45) is 11.8 Å². The fraction of sp³-hybridized carbons (Fsp3) is 0.632. The van der Waals surface area contributed by atoms with Gasteiger partial charge in [0, 0.05) is 25.0 Å². The summed E-state index contributed by atoms with van der Waals surface area (Å²) in [6.45, 7) is 5.08. The van der Waals surface area contributed by atoms with Crippen LogP contribution in [0.25, 0.3) is 0 Å². The Morgan fingerprint density at radius 2 is 1.87 bits per heavy atom. The summed E-state index contributed by atoms with van der Waals surface area (Å²) >= 11 is 0. The number of piperidine rings is 2. The summed E-state index contributed by atoms with van der Waals surface area (Å²) in [5.74, 6) is 1.40. The molecule has 2 aliphatic rings. The van der Waals surface area contributed by atoms with Gasteiger partial charge in [-0.25, -0.2) is 0 Å². The monoisotopic (exact) mass is 336 g/mol. The molecule has 3 nitrogen and oxygen atoms in total. The van der Waals surface area contributed by atoms with Crippen LogP contribution in [0.2, 0.25) is 0 Å². The van der Waals surface area contributed by atoms with Gasteiger partial charge in [-0.3, -0.25) is 4.79 Å². The Morgan fingerprint density at radius 1 is 1.17 bits per heavy atom. The minimum absolute atomic E-state index is 0. The first-order valence-electron chi connectivity index (χ1n) is 8.78. The lowest BCUT2D eigenvalue weighted by atomic mass is 9.88. The molecule has 0 spiro atoms. The summed E-state index contributed by atoms with van der Waals surface area (Å²) in [5.41, 5.74) is 1.43. The van der Waals surface area contributed by atoms with Gasteiger partial charge in [0.2, 0.25) is 5.91 Å². The number of carbonyl (C=O) groups is 1. The lowest BCUT2D eigenvalue weighted by Gasteiger charge is -2.36. The van der Waals surface area contributed by atoms with Crippen LogP contribution >= 0.6 is 12.4 Å². The van der Waals surface area contributed by atoms with Gasteiger partial charge in [0.1, 0.15) is 0 Å². The Hall–Kier alpha value is -1.06. The van der Waals surface area contributed by atoms with E-state index in [1.807, 2.05) is 0 Å². The minimum Gasteiger partial charge on any atom is -0.342 e. The first kappa shape index (κ1) is 18.3. The van der Waals surface area contributed by atoms with Gasteiger partial charge in [-0.05, 0) is 57.1 Å². The number of amides is 1. The van der Waals surface area contributed by atoms with E-state index in [9.17, 15) is 4.79 Å². The molecule has 2 fully saturated rings. The Morgan fingerprint density at radius 3 is 2.52 bits per heavy atom. The number of rotatable bonds is 3. The first-order valence-corrected chi connectivity index (χ1v) is 8.78. The van der Waals surface area contributed by atoms with Gasteiger partial charge in [0.05, 0.1) is 0 Å². The van der Waals surface area contributed by atoms with E-state index in [0.29, 0.717) is 11.9 Å². The molecule has 1 N–H and O–H groups in total. The zero-order chi connectivity index (χ0) is 15.4. The van der Waals surface area contributed by atoms with E-state index in [4.69, 9.17) is 0 Å². The number of halogens is 1. The van der Waals surface area contributed by atoms with Crippen LogP contribution in [0, 0.1) is 11.8 Å². The molecule has 2 saturated heterocycles. The van der Waals surface area contributed by atoms with E-state index in [1.165, 1.54) is 5.56 Å². The smallest absolute Gasteiger partial charge is 0.225 e. The molecule has 3 rings (SSSR count). The van der Waals surface area contributed by atoms with E-state index >= 15 is 0 Å². The fourth-order valence-corrected chi connectivity index (χ4v) is 3.92. The van der Waals surface area contributed by atoms with E-state index in [-0.39, 0.29) is 18.3 Å². The molecule has 0 aromatic heterocycles. The van der Waals surface area contributed by atoms with Crippen LogP contribution in [0.4, 0.5) is 0 Å². The van der Waals surface area contributed by atoms with Crippen molar-refractivity contribution in [1.82, 2.24) is 10.2 Å². The molecule has 1 amide bonds. The van der Waals surface area contributed by atoms with Crippen molar-refractivity contribution in [2.75, 3.05) is 19.6 Å². The maximum absolute atomic E-state index is 12.7. The molecule has 2 atom stereocenters. The third-order valence-corrected chi connectivity index (χ3v) is 5.27. The van der Waals surface area contributed by atoms with Crippen molar-refractivity contribution in [3.05, 3.63) is 35.9 Å². The quantitative estimate of drug-likeness (QED) is 0.918. The fourth-order valence-electron chi connectivity index (χ4n) is 3.92. The molecule has 1 aromatic rings. The van der Waals surface area contributed by atoms with Crippen molar-refractivity contribution in [3.63, 3.8) is 0 Å². The van der Waals surface area contributed by atoms with E-state index < -0.39 is 0 Å². The molecule has 4 heteroatoms. The van der Waals surface area contributed by atoms with E-state index in [0.717, 1.165) is 57.7 Å². The number of carbonyl (C=O) groups excluding carboxylic acids is 1. The largest absolute Gasteiger partial charge is 0.342 e. The topological polar surface area (TPSA) is 32.3 Å². The average molecular weight is 337 g/mol. The normalized spacial score (nSPS) is 25.7. The number of nitrogens with zero attached hydrogens (tertiary/aromatic N) is 1. The Labute approximate surface area is 146 Å². The van der Waals surface area contributed by atoms with Crippen LogP contribution in [0.3, 0.4) is 0 Å². The van der Waals surface area contributed by atoms with Crippen LogP contribution in [-0.4, -0.2) is 36.5 Å². The summed E-state index contributed by atoms with van der Waals surface area (Å²) in [4.78, 5) is 14.8. The number of nitrogens with one attached hydrogen (secondary N) is 1. The average Bonchev–Trinajstić information content (AvgIpc) is 2.56. The molecule has 128 valence electrons. The molecule has 0 aliphatic carbocycles. The maximum atomic E-state index is 12.7. The van der Waals surface area contributed by atoms with Crippen molar-refractivity contribution >= 4 is 18.3 Å². The number of benzene rings is 1. The van der Waals surface area contributed by atoms with Crippen molar-refractivity contribution in [2.45, 2.75) is 45.1 Å². The van der Waals surface area contributed by atoms with Crippen LogP contribution in [0.5, 0.6) is 0 Å². The third-order valence-electron chi connectivity index (χ3n) is 5.27. The molecule has 0 saturated carbocycles. The number of hydrogen-bond acceptors (Lipinski definition) is 2. The van der Waals surface area contributed by atoms with Gasteiger partial charge in [0.15, 0.2) is 0 Å². The third kappa shape index (κ3) is 4.95. The second-order valence-corrected chi connectivity index (χ2v) is 7.03. The SMILES string of the molecule is C[C@H]1C[C@@H](C(=O)N2CCC(Cc3ccccc3)CC2)CCN1.Cl. The summed E-state index contributed by atoms with van der Waals surface area (Å²) in [5, 5.41) is 3.43. The van der Waals surface area contributed by atoms with Crippen LogP contribution in [0.15, 0.2) is 30.3 Å². The summed E-state index contributed by atoms with van der Waals surface area (Å²) < 4.78 is 0. The molecular formula is C19H29ClN2O. The highest BCUT2D eigenvalue weighted by Crippen LogP contribution is 2.25. The van der Waals surface area contributed by atoms with Gasteiger partial charge in [-0.15, -0.1) is 12.4 Å². The number of hydrogen-bond donors (Lipinski definition) is 1. The van der Waals surface area contributed by atoms with Crippen LogP contribution in [-0.2, 0) is 11.2 Å². The van der Waals surface area contributed by atoms with Gasteiger partial charge in [-0.2, -0.15) is 0 Å². The highest BCUT2D eigenvalue weighted by Gasteiger charge is 2.30. The highest BCUT2D eigenvalue weighted by molar-refractivity contribution is 5.85. The predicted molar refractivity (Wildman–Crippen MR) is 96.9 cm³/mol. The zero-order valence-corrected chi connectivity index (χ0v) is 14.9. The van der Waals surface area contributed by atoms with Crippen molar-refractivity contribution in [3.8, 4) is 0 Å². The first-order chi connectivity index (χ1) is 10.7. The lowest BCUT2D eigenvalue weighted by Crippen LogP contribution is -2.46. The molecule has 0 radical (unpaired) electrons. The minimum atomic E-state index is 0. The molecule has 2 heterocycles. The van der Waals surface area contributed by atoms with Gasteiger partial charge in [0.25, 0.3) is 0 Å². The number of likely N-dealkylation sites (tertiary alicyclic amines) is 1. The Kier molecular flexibility index (Phi) is 6.91. The standard InChI is InChI=1S/C19H28N2O.ClH/c1-15-13-18(7-10-20-15)19(22)21-11-8-17(9-12-21)14-16-5-3-2-4-6-16;/h2-6,15,17-18,20H,7-14H2,1H3;1H/t15-,18-;/m0./s1. The molecule has 0 bridgehead atoms. The Bertz CT molecular complexity index is 485. The predicted octanol–water partition coefficient (Wildman–Crippen LogP) is 3.28. The van der Waals surface area contributed by atoms with E-state index in [2.05, 4.69) is 47.5 Å². The molecule has 0 unspecified atom stereocenters. The summed E-state index contributed by atoms with van der Waals surface area (Å²) in [6, 6.07) is 11.2. The molecule has 2 aliphatic heterocycles. The summed E-state index contributed by atoms with van der Waals surface area (Å²) in [6.07, 6.45) is 5.48.